The number of hydrogen-bond donors (Lipinski definition) is 4. The largest absolute Gasteiger partial charge is 0.398 e. The van der Waals surface area contributed by atoms with Crippen molar-refractivity contribution in [1.29, 1.82) is 0 Å². The smallest absolute Gasteiger partial charge is 0.101 e. The first kappa shape index (κ1) is 26.1. The van der Waals surface area contributed by atoms with Gasteiger partial charge in [0.25, 0.3) is 0 Å². The number of benzene rings is 2. The Balaban J connectivity index is 0.000000884. The summed E-state index contributed by atoms with van der Waals surface area (Å²) in [4.78, 5) is 2.37. The van der Waals surface area contributed by atoms with Crippen LogP contribution in [0.25, 0.3) is 11.3 Å². The van der Waals surface area contributed by atoms with Crippen molar-refractivity contribution in [2.24, 2.45) is 17.2 Å². The zero-order chi connectivity index (χ0) is 23.2. The summed E-state index contributed by atoms with van der Waals surface area (Å²) in [6.45, 7) is 14.3. The third-order valence-corrected chi connectivity index (χ3v) is 4.73. The third-order valence-electron chi connectivity index (χ3n) is 4.73. The summed E-state index contributed by atoms with van der Waals surface area (Å²) in [5.74, 6) is 0.261. The van der Waals surface area contributed by atoms with Gasteiger partial charge in [-0.25, -0.2) is 0 Å². The molecule has 0 atom stereocenters. The number of nitrogens with one attached hydrogen (secondary N) is 1. The number of nitrogens with two attached hydrogens (primary N) is 3. The summed E-state index contributed by atoms with van der Waals surface area (Å²) in [6.07, 6.45) is 3.11. The van der Waals surface area contributed by atoms with E-state index in [1.165, 1.54) is 12.1 Å². The summed E-state index contributed by atoms with van der Waals surface area (Å²) in [6, 6.07) is 16.3. The fraction of sp³-hybridized carbons (Fsp3) is 0.385. The minimum Gasteiger partial charge on any atom is -0.398 e. The van der Waals surface area contributed by atoms with E-state index in [9.17, 15) is 0 Å². The molecule has 1 heterocycles. The van der Waals surface area contributed by atoms with Crippen LogP contribution in [0.1, 0.15) is 50.8 Å². The number of allylic oxidation sites excluding steroid dienone is 2. The maximum Gasteiger partial charge on any atom is 0.101 e. The first-order chi connectivity index (χ1) is 15.0. The van der Waals surface area contributed by atoms with Crippen LogP contribution in [0.4, 0.5) is 5.69 Å². The average molecular weight is 424 g/mol. The summed E-state index contributed by atoms with van der Waals surface area (Å²) < 4.78 is 0. The second-order valence-corrected chi connectivity index (χ2v) is 7.27. The molecule has 5 nitrogen and oxygen atoms in total. The molecule has 2 aromatic rings. The lowest BCUT2D eigenvalue weighted by molar-refractivity contribution is 0.589. The molecule has 5 heteroatoms. The molecule has 31 heavy (non-hydrogen) atoms. The maximum absolute atomic E-state index is 6.32. The highest BCUT2D eigenvalue weighted by molar-refractivity contribution is 5.85. The van der Waals surface area contributed by atoms with E-state index in [0.29, 0.717) is 5.70 Å². The van der Waals surface area contributed by atoms with E-state index in [2.05, 4.69) is 36.2 Å². The van der Waals surface area contributed by atoms with Crippen LogP contribution in [0.3, 0.4) is 0 Å². The minimum atomic E-state index is 0.261. The minimum absolute atomic E-state index is 0.261. The molecule has 170 valence electrons. The Labute approximate surface area is 189 Å². The second-order valence-electron chi connectivity index (χ2n) is 7.27. The SMILES string of the molecule is CC.CCC.Cc1ccccc1/C(N)=C/C(=C(N)N)c1ccc(N2CCNCC2)cc1. The van der Waals surface area contributed by atoms with Gasteiger partial charge in [0.15, 0.2) is 0 Å². The molecule has 0 aromatic heterocycles. The number of hydrogen-bond acceptors (Lipinski definition) is 5. The van der Waals surface area contributed by atoms with Gasteiger partial charge >= 0.3 is 0 Å². The Morgan fingerprint density at radius 2 is 1.48 bits per heavy atom. The van der Waals surface area contributed by atoms with Crippen LogP contribution in [-0.4, -0.2) is 26.2 Å². The van der Waals surface area contributed by atoms with Crippen LogP contribution in [0.15, 0.2) is 60.4 Å². The van der Waals surface area contributed by atoms with Crippen molar-refractivity contribution >= 4 is 17.0 Å². The van der Waals surface area contributed by atoms with Gasteiger partial charge in [0.2, 0.25) is 0 Å². The molecule has 0 aliphatic carbocycles. The zero-order valence-electron chi connectivity index (χ0n) is 19.9. The van der Waals surface area contributed by atoms with Gasteiger partial charge in [-0.05, 0) is 36.3 Å². The van der Waals surface area contributed by atoms with E-state index >= 15 is 0 Å². The molecule has 1 aliphatic rings. The first-order valence-electron chi connectivity index (χ1n) is 11.3. The van der Waals surface area contributed by atoms with Crippen molar-refractivity contribution in [2.45, 2.75) is 41.0 Å². The highest BCUT2D eigenvalue weighted by atomic mass is 15.2. The Morgan fingerprint density at radius 1 is 0.935 bits per heavy atom. The van der Waals surface area contributed by atoms with E-state index in [1.807, 2.05) is 63.2 Å². The molecule has 1 aliphatic heterocycles. The van der Waals surface area contributed by atoms with Crippen molar-refractivity contribution in [1.82, 2.24) is 5.32 Å². The van der Waals surface area contributed by atoms with Crippen molar-refractivity contribution in [2.75, 3.05) is 31.1 Å². The van der Waals surface area contributed by atoms with Crippen molar-refractivity contribution in [3.8, 4) is 0 Å². The summed E-state index contributed by atoms with van der Waals surface area (Å²) in [5, 5.41) is 3.37. The number of piperazine rings is 1. The normalized spacial score (nSPS) is 13.3. The monoisotopic (exact) mass is 423 g/mol. The molecule has 0 radical (unpaired) electrons. The van der Waals surface area contributed by atoms with Gasteiger partial charge in [0.1, 0.15) is 5.82 Å². The fourth-order valence-electron chi connectivity index (χ4n) is 3.24. The molecule has 2 aromatic carbocycles. The standard InChI is InChI=1S/C21H27N5.C3H8.C2H6/c1-15-4-2-3-5-18(15)20(22)14-19(21(23)24)16-6-8-17(9-7-16)26-12-10-25-11-13-26;1-3-2;1-2/h2-9,14,25H,10-13,22-24H2,1H3;3H2,1-2H3;1-2H3/b20-14-;;. The molecular formula is C26H41N5. The summed E-state index contributed by atoms with van der Waals surface area (Å²) in [7, 11) is 0. The summed E-state index contributed by atoms with van der Waals surface area (Å²) in [5.41, 5.74) is 23.9. The van der Waals surface area contributed by atoms with Crippen LogP contribution in [-0.2, 0) is 0 Å². The molecule has 3 rings (SSSR count). The molecule has 7 N–H and O–H groups in total. The van der Waals surface area contributed by atoms with Gasteiger partial charge in [0, 0.05) is 48.7 Å². The quantitative estimate of drug-likeness (QED) is 0.546. The molecule has 0 amide bonds. The van der Waals surface area contributed by atoms with Crippen LogP contribution in [0.5, 0.6) is 0 Å². The molecule has 0 bridgehead atoms. The molecular weight excluding hydrogens is 382 g/mol. The molecule has 1 saturated heterocycles. The Morgan fingerprint density at radius 3 is 2.00 bits per heavy atom. The Bertz CT molecular complexity index is 827. The van der Waals surface area contributed by atoms with E-state index in [-0.39, 0.29) is 5.82 Å². The Hall–Kier alpha value is -2.92. The van der Waals surface area contributed by atoms with Crippen molar-refractivity contribution in [3.05, 3.63) is 77.1 Å². The van der Waals surface area contributed by atoms with Gasteiger partial charge in [-0.2, -0.15) is 0 Å². The van der Waals surface area contributed by atoms with Gasteiger partial charge in [-0.1, -0.05) is 70.5 Å². The highest BCUT2D eigenvalue weighted by Crippen LogP contribution is 2.25. The van der Waals surface area contributed by atoms with E-state index in [1.54, 1.807) is 0 Å². The number of nitrogens with zero attached hydrogens (tertiary/aromatic N) is 1. The van der Waals surface area contributed by atoms with Gasteiger partial charge < -0.3 is 27.4 Å². The average Bonchev–Trinajstić information content (AvgIpc) is 2.80. The predicted octanol–water partition coefficient (Wildman–Crippen LogP) is 4.43. The number of rotatable bonds is 4. The van der Waals surface area contributed by atoms with Crippen molar-refractivity contribution in [3.63, 3.8) is 0 Å². The van der Waals surface area contributed by atoms with E-state index in [0.717, 1.165) is 48.4 Å². The fourth-order valence-corrected chi connectivity index (χ4v) is 3.24. The zero-order valence-corrected chi connectivity index (χ0v) is 19.9. The lowest BCUT2D eigenvalue weighted by Gasteiger charge is -2.29. The van der Waals surface area contributed by atoms with Gasteiger partial charge in [-0.3, -0.25) is 0 Å². The molecule has 0 unspecified atom stereocenters. The second kappa shape index (κ2) is 14.1. The highest BCUT2D eigenvalue weighted by Gasteiger charge is 2.11. The lowest BCUT2D eigenvalue weighted by atomic mass is 10.00. The van der Waals surface area contributed by atoms with E-state index in [4.69, 9.17) is 17.2 Å². The molecule has 0 saturated carbocycles. The van der Waals surface area contributed by atoms with Crippen molar-refractivity contribution < 1.29 is 0 Å². The molecule has 0 spiro atoms. The number of anilines is 1. The van der Waals surface area contributed by atoms with Gasteiger partial charge in [0.05, 0.1) is 0 Å². The third kappa shape index (κ3) is 8.02. The van der Waals surface area contributed by atoms with Gasteiger partial charge in [-0.15, -0.1) is 0 Å². The van der Waals surface area contributed by atoms with Crippen LogP contribution in [0, 0.1) is 6.92 Å². The summed E-state index contributed by atoms with van der Waals surface area (Å²) >= 11 is 0. The van der Waals surface area contributed by atoms with Crippen LogP contribution >= 0.6 is 0 Å². The lowest BCUT2D eigenvalue weighted by Crippen LogP contribution is -2.43. The van der Waals surface area contributed by atoms with E-state index < -0.39 is 0 Å². The van der Waals surface area contributed by atoms with Crippen LogP contribution < -0.4 is 27.4 Å². The number of aryl methyl sites for hydroxylation is 1. The first-order valence-corrected chi connectivity index (χ1v) is 11.3. The molecule has 1 fully saturated rings. The topological polar surface area (TPSA) is 93.3 Å². The maximum atomic E-state index is 6.32. The van der Waals surface area contributed by atoms with Crippen LogP contribution in [0.2, 0.25) is 0 Å². The predicted molar refractivity (Wildman–Crippen MR) is 137 cm³/mol. The Kier molecular flexibility index (Phi) is 11.9.